The van der Waals surface area contributed by atoms with Crippen LogP contribution in [0, 0.1) is 0 Å². The van der Waals surface area contributed by atoms with Crippen molar-refractivity contribution in [2.24, 2.45) is 0 Å². The second-order valence-electron chi connectivity index (χ2n) is 3.45. The van der Waals surface area contributed by atoms with Crippen molar-refractivity contribution in [2.75, 3.05) is 17.7 Å². The van der Waals surface area contributed by atoms with Crippen molar-refractivity contribution in [3.8, 4) is 0 Å². The number of anilines is 2. The van der Waals surface area contributed by atoms with Gasteiger partial charge < -0.3 is 10.6 Å². The third-order valence-electron chi connectivity index (χ3n) is 2.50. The Bertz CT molecular complexity index is 264. The maximum Gasteiger partial charge on any atom is 0.125 e. The lowest BCUT2D eigenvalue weighted by Gasteiger charge is -2.27. The standard InChI is InChI=1S/C10H15N3/c1-11-10-6-5-9(7-12-10)13-8-3-2-4-8/h5-8,13H,2-4H2,1H3,(H,11,12). The van der Waals surface area contributed by atoms with Crippen LogP contribution in [0.5, 0.6) is 0 Å². The maximum absolute atomic E-state index is 4.24. The molecule has 0 aliphatic heterocycles. The predicted molar refractivity (Wildman–Crippen MR) is 55.0 cm³/mol. The van der Waals surface area contributed by atoms with E-state index in [1.54, 1.807) is 0 Å². The minimum Gasteiger partial charge on any atom is -0.381 e. The van der Waals surface area contributed by atoms with E-state index in [0.29, 0.717) is 6.04 Å². The van der Waals surface area contributed by atoms with Crippen LogP contribution in [0.1, 0.15) is 19.3 Å². The molecule has 0 atom stereocenters. The summed E-state index contributed by atoms with van der Waals surface area (Å²) in [6.07, 6.45) is 5.84. The number of pyridine rings is 1. The quantitative estimate of drug-likeness (QED) is 0.742. The minimum absolute atomic E-state index is 0.683. The van der Waals surface area contributed by atoms with Gasteiger partial charge in [-0.25, -0.2) is 4.98 Å². The van der Waals surface area contributed by atoms with Gasteiger partial charge in [0.25, 0.3) is 0 Å². The fourth-order valence-electron chi connectivity index (χ4n) is 1.42. The Morgan fingerprint density at radius 1 is 1.38 bits per heavy atom. The Morgan fingerprint density at radius 3 is 2.69 bits per heavy atom. The van der Waals surface area contributed by atoms with Gasteiger partial charge in [-0.15, -0.1) is 0 Å². The Morgan fingerprint density at radius 2 is 2.23 bits per heavy atom. The first-order valence-corrected chi connectivity index (χ1v) is 4.79. The first-order valence-electron chi connectivity index (χ1n) is 4.79. The molecule has 0 bridgehead atoms. The summed E-state index contributed by atoms with van der Waals surface area (Å²) in [7, 11) is 1.88. The molecule has 0 spiro atoms. The van der Waals surface area contributed by atoms with Crippen LogP contribution in [0.4, 0.5) is 11.5 Å². The zero-order valence-electron chi connectivity index (χ0n) is 7.88. The molecule has 0 radical (unpaired) electrons. The summed E-state index contributed by atoms with van der Waals surface area (Å²) in [4.78, 5) is 4.24. The normalized spacial score (nSPS) is 16.4. The van der Waals surface area contributed by atoms with Crippen molar-refractivity contribution in [3.63, 3.8) is 0 Å². The molecule has 1 aromatic rings. The molecule has 1 aliphatic rings. The van der Waals surface area contributed by atoms with Gasteiger partial charge in [0, 0.05) is 13.1 Å². The molecule has 2 N–H and O–H groups in total. The molecule has 0 saturated heterocycles. The molecular formula is C10H15N3. The van der Waals surface area contributed by atoms with Crippen LogP contribution in [0.15, 0.2) is 18.3 Å². The van der Waals surface area contributed by atoms with Crippen molar-refractivity contribution < 1.29 is 0 Å². The topological polar surface area (TPSA) is 37.0 Å². The fourth-order valence-corrected chi connectivity index (χ4v) is 1.42. The lowest BCUT2D eigenvalue weighted by molar-refractivity contribution is 0.445. The zero-order valence-corrected chi connectivity index (χ0v) is 7.88. The van der Waals surface area contributed by atoms with E-state index >= 15 is 0 Å². The van der Waals surface area contributed by atoms with Gasteiger partial charge >= 0.3 is 0 Å². The largest absolute Gasteiger partial charge is 0.381 e. The fraction of sp³-hybridized carbons (Fsp3) is 0.500. The van der Waals surface area contributed by atoms with Gasteiger partial charge in [-0.2, -0.15) is 0 Å². The number of hydrogen-bond acceptors (Lipinski definition) is 3. The summed E-state index contributed by atoms with van der Waals surface area (Å²) in [5.74, 6) is 0.916. The lowest BCUT2D eigenvalue weighted by Crippen LogP contribution is -2.26. The first kappa shape index (κ1) is 8.35. The van der Waals surface area contributed by atoms with E-state index < -0.39 is 0 Å². The highest BCUT2D eigenvalue weighted by atomic mass is 15.0. The average molecular weight is 177 g/mol. The number of nitrogens with one attached hydrogen (secondary N) is 2. The highest BCUT2D eigenvalue weighted by Crippen LogP contribution is 2.22. The summed E-state index contributed by atoms with van der Waals surface area (Å²) >= 11 is 0. The lowest BCUT2D eigenvalue weighted by atomic mass is 9.93. The third kappa shape index (κ3) is 1.91. The van der Waals surface area contributed by atoms with Gasteiger partial charge in [0.1, 0.15) is 5.82 Å². The van der Waals surface area contributed by atoms with Crippen LogP contribution in [0.2, 0.25) is 0 Å². The first-order chi connectivity index (χ1) is 6.38. The van der Waals surface area contributed by atoms with Crippen LogP contribution < -0.4 is 10.6 Å². The van der Waals surface area contributed by atoms with Crippen LogP contribution in [0.25, 0.3) is 0 Å². The predicted octanol–water partition coefficient (Wildman–Crippen LogP) is 2.09. The van der Waals surface area contributed by atoms with E-state index in [9.17, 15) is 0 Å². The second-order valence-corrected chi connectivity index (χ2v) is 3.45. The Labute approximate surface area is 78.6 Å². The highest BCUT2D eigenvalue weighted by molar-refractivity contribution is 5.47. The zero-order chi connectivity index (χ0) is 9.10. The second kappa shape index (κ2) is 3.64. The maximum atomic E-state index is 4.24. The minimum atomic E-state index is 0.683. The number of nitrogens with zero attached hydrogens (tertiary/aromatic N) is 1. The number of rotatable bonds is 3. The summed E-state index contributed by atoms with van der Waals surface area (Å²) in [5.41, 5.74) is 1.13. The van der Waals surface area contributed by atoms with E-state index in [-0.39, 0.29) is 0 Å². The van der Waals surface area contributed by atoms with Crippen molar-refractivity contribution in [3.05, 3.63) is 18.3 Å². The van der Waals surface area contributed by atoms with Gasteiger partial charge in [-0.05, 0) is 31.4 Å². The van der Waals surface area contributed by atoms with E-state index in [4.69, 9.17) is 0 Å². The number of aromatic nitrogens is 1. The SMILES string of the molecule is CNc1ccc(NC2CCC2)cn1. The van der Waals surface area contributed by atoms with Gasteiger partial charge in [-0.3, -0.25) is 0 Å². The van der Waals surface area contributed by atoms with Crippen LogP contribution in [0.3, 0.4) is 0 Å². The van der Waals surface area contributed by atoms with E-state index in [1.165, 1.54) is 19.3 Å². The van der Waals surface area contributed by atoms with Crippen molar-refractivity contribution in [1.82, 2.24) is 4.98 Å². The summed E-state index contributed by atoms with van der Waals surface area (Å²) in [6, 6.07) is 4.74. The molecule has 3 heteroatoms. The van der Waals surface area contributed by atoms with Gasteiger partial charge in [-0.1, -0.05) is 0 Å². The average Bonchev–Trinajstić information content (AvgIpc) is 2.12. The number of hydrogen-bond donors (Lipinski definition) is 2. The molecule has 1 saturated carbocycles. The van der Waals surface area contributed by atoms with E-state index in [1.807, 2.05) is 19.3 Å². The van der Waals surface area contributed by atoms with Gasteiger partial charge in [0.15, 0.2) is 0 Å². The van der Waals surface area contributed by atoms with Crippen molar-refractivity contribution >= 4 is 11.5 Å². The molecule has 0 amide bonds. The van der Waals surface area contributed by atoms with Crippen LogP contribution in [-0.4, -0.2) is 18.1 Å². The summed E-state index contributed by atoms with van der Waals surface area (Å²) in [6.45, 7) is 0. The molecule has 0 unspecified atom stereocenters. The smallest absolute Gasteiger partial charge is 0.125 e. The summed E-state index contributed by atoms with van der Waals surface area (Å²) in [5, 5.41) is 6.44. The third-order valence-corrected chi connectivity index (χ3v) is 2.50. The molecule has 13 heavy (non-hydrogen) atoms. The van der Waals surface area contributed by atoms with E-state index in [2.05, 4.69) is 21.7 Å². The molecule has 2 rings (SSSR count). The molecule has 70 valence electrons. The molecular weight excluding hydrogens is 162 g/mol. The van der Waals surface area contributed by atoms with Crippen LogP contribution >= 0.6 is 0 Å². The summed E-state index contributed by atoms with van der Waals surface area (Å²) < 4.78 is 0. The molecule has 1 heterocycles. The van der Waals surface area contributed by atoms with Crippen molar-refractivity contribution in [2.45, 2.75) is 25.3 Å². The molecule has 0 aromatic carbocycles. The monoisotopic (exact) mass is 177 g/mol. The van der Waals surface area contributed by atoms with Gasteiger partial charge in [0.05, 0.1) is 11.9 Å². The highest BCUT2D eigenvalue weighted by Gasteiger charge is 2.16. The van der Waals surface area contributed by atoms with E-state index in [0.717, 1.165) is 11.5 Å². The molecule has 1 fully saturated rings. The Balaban J connectivity index is 1.96. The Hall–Kier alpha value is -1.25. The molecule has 1 aliphatic carbocycles. The Kier molecular flexibility index (Phi) is 2.34. The molecule has 1 aromatic heterocycles. The van der Waals surface area contributed by atoms with Crippen molar-refractivity contribution in [1.29, 1.82) is 0 Å². The molecule has 3 nitrogen and oxygen atoms in total. The van der Waals surface area contributed by atoms with Crippen LogP contribution in [-0.2, 0) is 0 Å². The van der Waals surface area contributed by atoms with Gasteiger partial charge in [0.2, 0.25) is 0 Å².